The second-order valence-corrected chi connectivity index (χ2v) is 4.94. The third kappa shape index (κ3) is 3.20. The van der Waals surface area contributed by atoms with Gasteiger partial charge in [-0.05, 0) is 32.0 Å². The maximum Gasteiger partial charge on any atom is 0.146 e. The first-order valence-electron chi connectivity index (χ1n) is 6.53. The van der Waals surface area contributed by atoms with E-state index in [9.17, 15) is 4.39 Å². The Morgan fingerprint density at radius 1 is 1.15 bits per heavy atom. The van der Waals surface area contributed by atoms with E-state index < -0.39 is 0 Å². The van der Waals surface area contributed by atoms with Gasteiger partial charge >= 0.3 is 0 Å². The Balaban J connectivity index is 2.37. The average molecular weight is 274 g/mol. The van der Waals surface area contributed by atoms with Gasteiger partial charge in [0.1, 0.15) is 11.6 Å². The molecule has 0 aromatic heterocycles. The molecule has 0 heterocycles. The van der Waals surface area contributed by atoms with E-state index in [1.54, 1.807) is 42.3 Å². The van der Waals surface area contributed by atoms with Crippen LogP contribution < -0.4 is 15.4 Å². The molecule has 0 saturated heterocycles. The molecule has 2 N–H and O–H groups in total. The quantitative estimate of drug-likeness (QED) is 0.857. The number of hydrogen-bond acceptors (Lipinski definition) is 3. The van der Waals surface area contributed by atoms with Gasteiger partial charge in [-0.3, -0.25) is 0 Å². The normalized spacial score (nSPS) is 10.7. The zero-order valence-corrected chi connectivity index (χ0v) is 11.9. The molecule has 0 bridgehead atoms. The third-order valence-corrected chi connectivity index (χ3v) is 2.89. The second kappa shape index (κ2) is 5.82. The van der Waals surface area contributed by atoms with E-state index in [-0.39, 0.29) is 11.9 Å². The summed E-state index contributed by atoms with van der Waals surface area (Å²) in [5.41, 5.74) is 7.75. The maximum atomic E-state index is 13.8. The molecule has 2 rings (SSSR count). The molecule has 0 atom stereocenters. The minimum atomic E-state index is -0.274. The molecule has 0 aliphatic carbocycles. The summed E-state index contributed by atoms with van der Waals surface area (Å²) < 4.78 is 19.5. The van der Waals surface area contributed by atoms with Crippen molar-refractivity contribution < 1.29 is 9.13 Å². The summed E-state index contributed by atoms with van der Waals surface area (Å²) in [5, 5.41) is 0. The highest BCUT2D eigenvalue weighted by Crippen LogP contribution is 2.31. The summed E-state index contributed by atoms with van der Waals surface area (Å²) in [6.45, 7) is 3.90. The van der Waals surface area contributed by atoms with Crippen molar-refractivity contribution in [2.24, 2.45) is 0 Å². The van der Waals surface area contributed by atoms with Crippen molar-refractivity contribution in [1.29, 1.82) is 0 Å². The van der Waals surface area contributed by atoms with E-state index in [1.807, 2.05) is 19.9 Å². The van der Waals surface area contributed by atoms with E-state index in [0.717, 1.165) is 5.69 Å². The summed E-state index contributed by atoms with van der Waals surface area (Å²) in [7, 11) is 1.80. The summed E-state index contributed by atoms with van der Waals surface area (Å²) in [4.78, 5) is 1.75. The monoisotopic (exact) mass is 274 g/mol. The molecule has 0 radical (unpaired) electrons. The standard InChI is InChI=1S/C16H19FN2O/c1-11(2)20-14-9-12(18)8-13(10-14)19(3)16-7-5-4-6-15(16)17/h4-11H,18H2,1-3H3. The fourth-order valence-electron chi connectivity index (χ4n) is 2.00. The Kier molecular flexibility index (Phi) is 4.13. The van der Waals surface area contributed by atoms with Crippen molar-refractivity contribution in [2.45, 2.75) is 20.0 Å². The van der Waals surface area contributed by atoms with Crippen LogP contribution in [0.2, 0.25) is 0 Å². The van der Waals surface area contributed by atoms with Gasteiger partial charge in [0.2, 0.25) is 0 Å². The lowest BCUT2D eigenvalue weighted by molar-refractivity contribution is 0.242. The number of nitrogen functional groups attached to an aromatic ring is 1. The van der Waals surface area contributed by atoms with Crippen LogP contribution in [0.1, 0.15) is 13.8 Å². The SMILES string of the molecule is CC(C)Oc1cc(N)cc(N(C)c2ccccc2F)c1. The Bertz CT molecular complexity index is 599. The number of ether oxygens (including phenoxy) is 1. The number of hydrogen-bond donors (Lipinski definition) is 1. The predicted octanol–water partition coefficient (Wildman–Crippen LogP) is 3.96. The summed E-state index contributed by atoms with van der Waals surface area (Å²) in [5.74, 6) is 0.405. The maximum absolute atomic E-state index is 13.8. The molecule has 3 nitrogen and oxygen atoms in total. The largest absolute Gasteiger partial charge is 0.491 e. The van der Waals surface area contributed by atoms with Crippen LogP contribution in [0.25, 0.3) is 0 Å². The lowest BCUT2D eigenvalue weighted by Crippen LogP contribution is -2.12. The predicted molar refractivity (Wildman–Crippen MR) is 81.1 cm³/mol. The molecule has 0 fully saturated rings. The first kappa shape index (κ1) is 14.2. The van der Waals surface area contributed by atoms with Crippen LogP contribution in [-0.4, -0.2) is 13.2 Å². The smallest absolute Gasteiger partial charge is 0.146 e. The zero-order chi connectivity index (χ0) is 14.7. The second-order valence-electron chi connectivity index (χ2n) is 4.94. The summed E-state index contributed by atoms with van der Waals surface area (Å²) in [6, 6.07) is 12.0. The van der Waals surface area contributed by atoms with Crippen LogP contribution in [0.5, 0.6) is 5.75 Å². The van der Waals surface area contributed by atoms with Crippen molar-refractivity contribution >= 4 is 17.1 Å². The molecule has 106 valence electrons. The van der Waals surface area contributed by atoms with Crippen LogP contribution in [0.15, 0.2) is 42.5 Å². The number of rotatable bonds is 4. The van der Waals surface area contributed by atoms with Crippen molar-refractivity contribution in [3.63, 3.8) is 0 Å². The van der Waals surface area contributed by atoms with Gasteiger partial charge in [0, 0.05) is 30.6 Å². The van der Waals surface area contributed by atoms with Crippen LogP contribution >= 0.6 is 0 Å². The van der Waals surface area contributed by atoms with Crippen LogP contribution in [-0.2, 0) is 0 Å². The molecule has 0 aliphatic heterocycles. The molecule has 0 spiro atoms. The number of benzene rings is 2. The van der Waals surface area contributed by atoms with Gasteiger partial charge in [-0.15, -0.1) is 0 Å². The minimum Gasteiger partial charge on any atom is -0.491 e. The minimum absolute atomic E-state index is 0.0587. The molecular formula is C16H19FN2O. The van der Waals surface area contributed by atoms with Gasteiger partial charge in [-0.2, -0.15) is 0 Å². The highest BCUT2D eigenvalue weighted by molar-refractivity contribution is 5.68. The molecule has 20 heavy (non-hydrogen) atoms. The number of halogens is 1. The van der Waals surface area contributed by atoms with E-state index in [0.29, 0.717) is 17.1 Å². The molecule has 0 amide bonds. The topological polar surface area (TPSA) is 38.5 Å². The van der Waals surface area contributed by atoms with Gasteiger partial charge in [0.05, 0.1) is 11.8 Å². The van der Waals surface area contributed by atoms with Gasteiger partial charge < -0.3 is 15.4 Å². The number of anilines is 3. The molecule has 2 aromatic carbocycles. The van der Waals surface area contributed by atoms with E-state index in [4.69, 9.17) is 10.5 Å². The molecular weight excluding hydrogens is 255 g/mol. The van der Waals surface area contributed by atoms with Gasteiger partial charge in [-0.25, -0.2) is 4.39 Å². The molecule has 0 unspecified atom stereocenters. The molecule has 2 aromatic rings. The first-order valence-corrected chi connectivity index (χ1v) is 6.53. The fourth-order valence-corrected chi connectivity index (χ4v) is 2.00. The van der Waals surface area contributed by atoms with Crippen molar-refractivity contribution in [1.82, 2.24) is 0 Å². The summed E-state index contributed by atoms with van der Waals surface area (Å²) in [6.07, 6.45) is 0.0587. The lowest BCUT2D eigenvalue weighted by atomic mass is 10.2. The van der Waals surface area contributed by atoms with Crippen LogP contribution in [0.4, 0.5) is 21.5 Å². The number of nitrogens with zero attached hydrogens (tertiary/aromatic N) is 1. The summed E-state index contributed by atoms with van der Waals surface area (Å²) >= 11 is 0. The average Bonchev–Trinajstić information content (AvgIpc) is 2.37. The number of nitrogens with two attached hydrogens (primary N) is 1. The van der Waals surface area contributed by atoms with E-state index in [2.05, 4.69) is 0 Å². The van der Waals surface area contributed by atoms with Crippen LogP contribution in [0, 0.1) is 5.82 Å². The fraction of sp³-hybridized carbons (Fsp3) is 0.250. The van der Waals surface area contributed by atoms with Crippen molar-refractivity contribution in [2.75, 3.05) is 17.7 Å². The van der Waals surface area contributed by atoms with Gasteiger partial charge in [-0.1, -0.05) is 12.1 Å². The Morgan fingerprint density at radius 3 is 2.50 bits per heavy atom. The van der Waals surface area contributed by atoms with Gasteiger partial charge in [0.25, 0.3) is 0 Å². The Morgan fingerprint density at radius 2 is 1.85 bits per heavy atom. The van der Waals surface area contributed by atoms with Gasteiger partial charge in [0.15, 0.2) is 0 Å². The molecule has 4 heteroatoms. The highest BCUT2D eigenvalue weighted by Gasteiger charge is 2.11. The first-order chi connectivity index (χ1) is 9.47. The highest BCUT2D eigenvalue weighted by atomic mass is 19.1. The van der Waals surface area contributed by atoms with E-state index >= 15 is 0 Å². The molecule has 0 saturated carbocycles. The van der Waals surface area contributed by atoms with Crippen LogP contribution in [0.3, 0.4) is 0 Å². The zero-order valence-electron chi connectivity index (χ0n) is 11.9. The number of para-hydroxylation sites is 1. The van der Waals surface area contributed by atoms with Crippen molar-refractivity contribution in [3.05, 3.63) is 48.3 Å². The molecule has 0 aliphatic rings. The van der Waals surface area contributed by atoms with E-state index in [1.165, 1.54) is 6.07 Å². The lowest BCUT2D eigenvalue weighted by Gasteiger charge is -2.22. The van der Waals surface area contributed by atoms with Crippen molar-refractivity contribution in [3.8, 4) is 5.75 Å². The Labute approximate surface area is 118 Å². The third-order valence-electron chi connectivity index (χ3n) is 2.89. The Hall–Kier alpha value is -2.23.